The van der Waals surface area contributed by atoms with Gasteiger partial charge < -0.3 is 5.32 Å². The zero-order valence-corrected chi connectivity index (χ0v) is 14.7. The third kappa shape index (κ3) is 4.82. The molecule has 0 saturated carbocycles. The van der Waals surface area contributed by atoms with Gasteiger partial charge in [-0.15, -0.1) is 0 Å². The van der Waals surface area contributed by atoms with Crippen molar-refractivity contribution in [2.24, 2.45) is 0 Å². The minimum Gasteiger partial charge on any atom is -0.312 e. The second kappa shape index (κ2) is 9.22. The van der Waals surface area contributed by atoms with Crippen molar-refractivity contribution in [3.63, 3.8) is 0 Å². The van der Waals surface area contributed by atoms with Gasteiger partial charge in [-0.3, -0.25) is 4.90 Å². The summed E-state index contributed by atoms with van der Waals surface area (Å²) in [6, 6.07) is 11.4. The van der Waals surface area contributed by atoms with Crippen LogP contribution in [0.1, 0.15) is 53.0 Å². The number of hydrogen-bond acceptors (Lipinski definition) is 2. The Balaban J connectivity index is 2.82. The smallest absolute Gasteiger partial charge is 0.0331 e. The van der Waals surface area contributed by atoms with Crippen molar-refractivity contribution < 1.29 is 0 Å². The molecule has 2 atom stereocenters. The first-order valence-electron chi connectivity index (χ1n) is 8.64. The lowest BCUT2D eigenvalue weighted by Gasteiger charge is -2.46. The standard InChI is InChI=1S/C19H34N2/c1-6-19(5,21(8-3)9-4)18(20-7-2)16-15-17-13-11-10-12-14-17/h10-14,18,20H,6-9,15-16H2,1-5H3. The SMILES string of the molecule is CCNC(CCc1ccccc1)C(C)(CC)N(CC)CC. The van der Waals surface area contributed by atoms with E-state index < -0.39 is 0 Å². The largest absolute Gasteiger partial charge is 0.312 e. The molecule has 0 fully saturated rings. The van der Waals surface area contributed by atoms with Gasteiger partial charge >= 0.3 is 0 Å². The second-order valence-electron chi connectivity index (χ2n) is 6.02. The molecule has 1 aromatic carbocycles. The zero-order chi connectivity index (χ0) is 15.7. The van der Waals surface area contributed by atoms with Gasteiger partial charge in [0.25, 0.3) is 0 Å². The van der Waals surface area contributed by atoms with Crippen molar-refractivity contribution in [3.05, 3.63) is 35.9 Å². The molecule has 0 aromatic heterocycles. The van der Waals surface area contributed by atoms with Gasteiger partial charge in [0.15, 0.2) is 0 Å². The highest BCUT2D eigenvalue weighted by Gasteiger charge is 2.35. The fourth-order valence-corrected chi connectivity index (χ4v) is 3.47. The Morgan fingerprint density at radius 3 is 2.14 bits per heavy atom. The Bertz CT molecular complexity index is 372. The minimum atomic E-state index is 0.230. The first-order chi connectivity index (χ1) is 10.1. The van der Waals surface area contributed by atoms with Crippen LogP contribution in [0.15, 0.2) is 30.3 Å². The van der Waals surface area contributed by atoms with Crippen LogP contribution in [0, 0.1) is 0 Å². The molecule has 0 aliphatic rings. The van der Waals surface area contributed by atoms with E-state index in [1.54, 1.807) is 0 Å². The van der Waals surface area contributed by atoms with Crippen LogP contribution in [0.4, 0.5) is 0 Å². The average molecular weight is 290 g/mol. The molecule has 2 unspecified atom stereocenters. The molecule has 0 spiro atoms. The van der Waals surface area contributed by atoms with Crippen LogP contribution in [0.2, 0.25) is 0 Å². The number of nitrogens with one attached hydrogen (secondary N) is 1. The molecule has 0 aliphatic heterocycles. The maximum absolute atomic E-state index is 3.75. The highest BCUT2D eigenvalue weighted by molar-refractivity contribution is 5.15. The normalized spacial score (nSPS) is 15.9. The molecule has 0 radical (unpaired) electrons. The second-order valence-corrected chi connectivity index (χ2v) is 6.02. The molecular weight excluding hydrogens is 256 g/mol. The first-order valence-corrected chi connectivity index (χ1v) is 8.64. The van der Waals surface area contributed by atoms with E-state index in [9.17, 15) is 0 Å². The maximum Gasteiger partial charge on any atom is 0.0331 e. The molecule has 2 heteroatoms. The monoisotopic (exact) mass is 290 g/mol. The molecule has 0 amide bonds. The molecular formula is C19H34N2. The van der Waals surface area contributed by atoms with E-state index in [1.165, 1.54) is 18.4 Å². The summed E-state index contributed by atoms with van der Waals surface area (Å²) in [6.07, 6.45) is 3.52. The molecule has 21 heavy (non-hydrogen) atoms. The molecule has 0 heterocycles. The molecule has 1 rings (SSSR count). The van der Waals surface area contributed by atoms with Crippen molar-refractivity contribution in [2.75, 3.05) is 19.6 Å². The van der Waals surface area contributed by atoms with Gasteiger partial charge in [0.2, 0.25) is 0 Å². The van der Waals surface area contributed by atoms with Crippen molar-refractivity contribution in [3.8, 4) is 0 Å². The predicted molar refractivity (Wildman–Crippen MR) is 93.8 cm³/mol. The Kier molecular flexibility index (Phi) is 7.98. The predicted octanol–water partition coefficient (Wildman–Crippen LogP) is 4.11. The van der Waals surface area contributed by atoms with Gasteiger partial charge in [-0.25, -0.2) is 0 Å². The van der Waals surface area contributed by atoms with Crippen LogP contribution in [0.25, 0.3) is 0 Å². The first kappa shape index (κ1) is 18.2. The van der Waals surface area contributed by atoms with E-state index in [-0.39, 0.29) is 5.54 Å². The molecule has 0 aliphatic carbocycles. The molecule has 120 valence electrons. The Morgan fingerprint density at radius 2 is 1.67 bits per heavy atom. The summed E-state index contributed by atoms with van der Waals surface area (Å²) in [7, 11) is 0. The van der Waals surface area contributed by atoms with Gasteiger partial charge in [-0.1, -0.05) is 58.0 Å². The van der Waals surface area contributed by atoms with E-state index >= 15 is 0 Å². The quantitative estimate of drug-likeness (QED) is 0.697. The summed E-state index contributed by atoms with van der Waals surface area (Å²) in [5.74, 6) is 0. The molecule has 1 aromatic rings. The van der Waals surface area contributed by atoms with Gasteiger partial charge in [0.05, 0.1) is 0 Å². The number of likely N-dealkylation sites (N-methyl/N-ethyl adjacent to an activating group) is 2. The lowest BCUT2D eigenvalue weighted by atomic mass is 9.83. The Morgan fingerprint density at radius 1 is 1.05 bits per heavy atom. The summed E-state index contributed by atoms with van der Waals surface area (Å²) in [4.78, 5) is 2.62. The van der Waals surface area contributed by atoms with Crippen LogP contribution in [-0.4, -0.2) is 36.1 Å². The van der Waals surface area contributed by atoms with E-state index in [0.717, 1.165) is 26.1 Å². The van der Waals surface area contributed by atoms with Crippen LogP contribution in [0.3, 0.4) is 0 Å². The van der Waals surface area contributed by atoms with E-state index in [4.69, 9.17) is 0 Å². The van der Waals surface area contributed by atoms with Gasteiger partial charge in [0.1, 0.15) is 0 Å². The number of rotatable bonds is 10. The van der Waals surface area contributed by atoms with Crippen molar-refractivity contribution in [1.29, 1.82) is 0 Å². The van der Waals surface area contributed by atoms with Crippen molar-refractivity contribution in [2.45, 2.75) is 65.5 Å². The number of benzene rings is 1. The fraction of sp³-hybridized carbons (Fsp3) is 0.684. The summed E-state index contributed by atoms with van der Waals surface area (Å²) in [5, 5.41) is 3.75. The van der Waals surface area contributed by atoms with Crippen LogP contribution < -0.4 is 5.32 Å². The maximum atomic E-state index is 3.75. The lowest BCUT2D eigenvalue weighted by Crippen LogP contribution is -2.59. The number of aryl methyl sites for hydroxylation is 1. The summed E-state index contributed by atoms with van der Waals surface area (Å²) in [5.41, 5.74) is 1.67. The van der Waals surface area contributed by atoms with E-state index in [0.29, 0.717) is 6.04 Å². The minimum absolute atomic E-state index is 0.230. The van der Waals surface area contributed by atoms with E-state index in [2.05, 4.69) is 75.2 Å². The van der Waals surface area contributed by atoms with Crippen molar-refractivity contribution >= 4 is 0 Å². The van der Waals surface area contributed by atoms with Gasteiger partial charge in [0, 0.05) is 11.6 Å². The number of nitrogens with zero attached hydrogens (tertiary/aromatic N) is 1. The number of hydrogen-bond donors (Lipinski definition) is 1. The lowest BCUT2D eigenvalue weighted by molar-refractivity contribution is 0.0674. The highest BCUT2D eigenvalue weighted by atomic mass is 15.2. The zero-order valence-electron chi connectivity index (χ0n) is 14.7. The van der Waals surface area contributed by atoms with Gasteiger partial charge in [-0.2, -0.15) is 0 Å². The fourth-order valence-electron chi connectivity index (χ4n) is 3.47. The summed E-state index contributed by atoms with van der Waals surface area (Å²) in [6.45, 7) is 14.8. The van der Waals surface area contributed by atoms with Crippen LogP contribution in [0.5, 0.6) is 0 Å². The van der Waals surface area contributed by atoms with Crippen molar-refractivity contribution in [1.82, 2.24) is 10.2 Å². The third-order valence-corrected chi connectivity index (χ3v) is 4.97. The van der Waals surface area contributed by atoms with Crippen LogP contribution in [-0.2, 0) is 6.42 Å². The molecule has 0 bridgehead atoms. The molecule has 1 N–H and O–H groups in total. The summed E-state index contributed by atoms with van der Waals surface area (Å²) >= 11 is 0. The topological polar surface area (TPSA) is 15.3 Å². The average Bonchev–Trinajstić information content (AvgIpc) is 2.53. The Labute approximate surface area is 131 Å². The Hall–Kier alpha value is -0.860. The van der Waals surface area contributed by atoms with Gasteiger partial charge in [-0.05, 0) is 51.4 Å². The molecule has 0 saturated heterocycles. The molecule has 2 nitrogen and oxygen atoms in total. The highest BCUT2D eigenvalue weighted by Crippen LogP contribution is 2.26. The summed E-state index contributed by atoms with van der Waals surface area (Å²) < 4.78 is 0. The third-order valence-electron chi connectivity index (χ3n) is 4.97. The van der Waals surface area contributed by atoms with Crippen LogP contribution >= 0.6 is 0 Å². The van der Waals surface area contributed by atoms with E-state index in [1.807, 2.05) is 0 Å².